The Morgan fingerprint density at radius 1 is 1.15 bits per heavy atom. The minimum absolute atomic E-state index is 0.0583. The monoisotopic (exact) mass is 393 g/mol. The van der Waals surface area contributed by atoms with E-state index in [4.69, 9.17) is 27.9 Å². The number of hydrogen-bond acceptors (Lipinski definition) is 4. The number of carbonyl (C=O) groups excluding carboxylic acids is 1. The number of carbonyl (C=O) groups is 1. The van der Waals surface area contributed by atoms with Gasteiger partial charge in [-0.15, -0.1) is 0 Å². The molecule has 138 valence electrons. The van der Waals surface area contributed by atoms with Crippen LogP contribution in [0.15, 0.2) is 42.5 Å². The zero-order valence-electron chi connectivity index (χ0n) is 14.4. The van der Waals surface area contributed by atoms with Gasteiger partial charge in [-0.1, -0.05) is 41.4 Å². The third kappa shape index (κ3) is 4.68. The molecule has 2 unspecified atom stereocenters. The molecule has 5 nitrogen and oxygen atoms in total. The zero-order chi connectivity index (χ0) is 18.5. The summed E-state index contributed by atoms with van der Waals surface area (Å²) in [6, 6.07) is 13.0. The van der Waals surface area contributed by atoms with Gasteiger partial charge in [0.1, 0.15) is 11.8 Å². The van der Waals surface area contributed by atoms with Gasteiger partial charge < -0.3 is 10.1 Å². The fourth-order valence-corrected chi connectivity index (χ4v) is 3.19. The van der Waals surface area contributed by atoms with Crippen molar-refractivity contribution in [2.24, 2.45) is 0 Å². The Hall–Kier alpha value is -1.79. The van der Waals surface area contributed by atoms with E-state index in [9.17, 15) is 4.79 Å². The molecule has 2 aromatic rings. The highest BCUT2D eigenvalue weighted by Crippen LogP contribution is 2.25. The molecule has 0 spiro atoms. The Balaban J connectivity index is 1.52. The van der Waals surface area contributed by atoms with Crippen LogP contribution in [0, 0.1) is 0 Å². The highest BCUT2D eigenvalue weighted by Gasteiger charge is 2.29. The Morgan fingerprint density at radius 3 is 2.62 bits per heavy atom. The van der Waals surface area contributed by atoms with Crippen LogP contribution in [-0.4, -0.2) is 18.6 Å². The molecule has 1 aliphatic rings. The lowest BCUT2D eigenvalue weighted by Gasteiger charge is -2.12. The van der Waals surface area contributed by atoms with Gasteiger partial charge in [0.05, 0.1) is 16.7 Å². The van der Waals surface area contributed by atoms with Gasteiger partial charge in [0, 0.05) is 12.6 Å². The van der Waals surface area contributed by atoms with Crippen LogP contribution in [0.4, 0.5) is 0 Å². The van der Waals surface area contributed by atoms with Gasteiger partial charge in [0.15, 0.2) is 0 Å². The molecule has 0 aromatic heterocycles. The zero-order valence-corrected chi connectivity index (χ0v) is 15.9. The fourth-order valence-electron chi connectivity index (χ4n) is 2.87. The first kappa shape index (κ1) is 19.0. The predicted octanol–water partition coefficient (Wildman–Crippen LogP) is 3.62. The second kappa shape index (κ2) is 8.73. The predicted molar refractivity (Wildman–Crippen MR) is 103 cm³/mol. The van der Waals surface area contributed by atoms with E-state index in [1.165, 1.54) is 0 Å². The molecular weight excluding hydrogens is 373 g/mol. The molecule has 26 heavy (non-hydrogen) atoms. The first-order chi connectivity index (χ1) is 12.6. The Bertz CT molecular complexity index is 768. The Kier molecular flexibility index (Phi) is 6.38. The minimum Gasteiger partial charge on any atom is -0.494 e. The van der Waals surface area contributed by atoms with Crippen LogP contribution in [0.1, 0.15) is 30.5 Å². The van der Waals surface area contributed by atoms with Gasteiger partial charge in [-0.3, -0.25) is 4.79 Å². The van der Waals surface area contributed by atoms with Crippen LogP contribution in [0.25, 0.3) is 0 Å². The van der Waals surface area contributed by atoms with Gasteiger partial charge in [-0.25, -0.2) is 10.9 Å². The van der Waals surface area contributed by atoms with E-state index < -0.39 is 0 Å². The first-order valence-corrected chi connectivity index (χ1v) is 9.28. The second-order valence-corrected chi connectivity index (χ2v) is 6.91. The Labute approximate surface area is 163 Å². The molecule has 1 saturated heterocycles. The molecule has 1 amide bonds. The molecule has 1 aliphatic heterocycles. The molecule has 2 atom stereocenters. The molecule has 7 heteroatoms. The van der Waals surface area contributed by atoms with Gasteiger partial charge in [0.2, 0.25) is 5.91 Å². The van der Waals surface area contributed by atoms with Crippen molar-refractivity contribution >= 4 is 29.1 Å². The number of nitrogens with one attached hydrogen (secondary N) is 3. The van der Waals surface area contributed by atoms with E-state index in [0.29, 0.717) is 29.6 Å². The molecule has 0 radical (unpaired) electrons. The van der Waals surface area contributed by atoms with Crippen molar-refractivity contribution in [1.29, 1.82) is 0 Å². The highest BCUT2D eigenvalue weighted by atomic mass is 35.5. The standard InChI is InChI=1S/C19H21Cl2N3O2/c1-2-26-14-6-4-13(5-7-14)17-10-18(24-23-17)19(25)22-11-12-3-8-15(20)16(21)9-12/h3-9,17-18,23-24H,2,10-11H2,1H3,(H,22,25). The quantitative estimate of drug-likeness (QED) is 0.701. The topological polar surface area (TPSA) is 62.4 Å². The van der Waals surface area contributed by atoms with E-state index in [0.717, 1.165) is 16.9 Å². The van der Waals surface area contributed by atoms with Crippen molar-refractivity contribution in [2.45, 2.75) is 32.0 Å². The third-order valence-electron chi connectivity index (χ3n) is 4.26. The van der Waals surface area contributed by atoms with Crippen LogP contribution in [0.2, 0.25) is 10.0 Å². The van der Waals surface area contributed by atoms with Crippen LogP contribution < -0.4 is 20.9 Å². The van der Waals surface area contributed by atoms with Crippen molar-refractivity contribution in [3.63, 3.8) is 0 Å². The number of hydrogen-bond donors (Lipinski definition) is 3. The molecular formula is C19H21Cl2N3O2. The number of hydrazine groups is 1. The van der Waals surface area contributed by atoms with Gasteiger partial charge in [-0.05, 0) is 48.7 Å². The van der Waals surface area contributed by atoms with E-state index in [1.54, 1.807) is 12.1 Å². The second-order valence-electron chi connectivity index (χ2n) is 6.10. The summed E-state index contributed by atoms with van der Waals surface area (Å²) in [5.41, 5.74) is 8.26. The normalized spacial score (nSPS) is 19.3. The van der Waals surface area contributed by atoms with Crippen LogP contribution in [0.3, 0.4) is 0 Å². The number of halogens is 2. The first-order valence-electron chi connectivity index (χ1n) is 8.52. The van der Waals surface area contributed by atoms with Crippen molar-refractivity contribution in [1.82, 2.24) is 16.2 Å². The van der Waals surface area contributed by atoms with Crippen molar-refractivity contribution in [3.8, 4) is 5.75 Å². The smallest absolute Gasteiger partial charge is 0.238 e. The fraction of sp³-hybridized carbons (Fsp3) is 0.316. The van der Waals surface area contributed by atoms with E-state index in [1.807, 2.05) is 37.3 Å². The summed E-state index contributed by atoms with van der Waals surface area (Å²) in [4.78, 5) is 12.4. The molecule has 2 aromatic carbocycles. The summed E-state index contributed by atoms with van der Waals surface area (Å²) in [5, 5.41) is 3.90. The summed E-state index contributed by atoms with van der Waals surface area (Å²) in [5.74, 6) is 0.787. The minimum atomic E-state index is -0.297. The van der Waals surface area contributed by atoms with Crippen molar-refractivity contribution in [3.05, 3.63) is 63.6 Å². The van der Waals surface area contributed by atoms with E-state index in [-0.39, 0.29) is 18.0 Å². The molecule has 1 heterocycles. The maximum atomic E-state index is 12.4. The average molecular weight is 394 g/mol. The number of amides is 1. The van der Waals surface area contributed by atoms with Crippen molar-refractivity contribution in [2.75, 3.05) is 6.61 Å². The molecule has 0 aliphatic carbocycles. The van der Waals surface area contributed by atoms with Crippen LogP contribution in [-0.2, 0) is 11.3 Å². The summed E-state index contributed by atoms with van der Waals surface area (Å²) in [6.45, 7) is 3.00. The van der Waals surface area contributed by atoms with Gasteiger partial charge in [0.25, 0.3) is 0 Å². The average Bonchev–Trinajstić information content (AvgIpc) is 3.13. The lowest BCUT2D eigenvalue weighted by molar-refractivity contribution is -0.123. The van der Waals surface area contributed by atoms with E-state index in [2.05, 4.69) is 16.2 Å². The third-order valence-corrected chi connectivity index (χ3v) is 5.00. The van der Waals surface area contributed by atoms with Crippen molar-refractivity contribution < 1.29 is 9.53 Å². The number of benzene rings is 2. The maximum absolute atomic E-state index is 12.4. The molecule has 0 saturated carbocycles. The highest BCUT2D eigenvalue weighted by molar-refractivity contribution is 6.42. The number of ether oxygens (including phenoxy) is 1. The molecule has 0 bridgehead atoms. The summed E-state index contributed by atoms with van der Waals surface area (Å²) >= 11 is 11.9. The summed E-state index contributed by atoms with van der Waals surface area (Å²) in [7, 11) is 0. The van der Waals surface area contributed by atoms with E-state index >= 15 is 0 Å². The molecule has 3 rings (SSSR count). The SMILES string of the molecule is CCOc1ccc(C2CC(C(=O)NCc3ccc(Cl)c(Cl)c3)NN2)cc1. The molecule has 3 N–H and O–H groups in total. The lowest BCUT2D eigenvalue weighted by atomic mass is 10.0. The number of rotatable bonds is 6. The van der Waals surface area contributed by atoms with Gasteiger partial charge >= 0.3 is 0 Å². The Morgan fingerprint density at radius 2 is 1.92 bits per heavy atom. The van der Waals surface area contributed by atoms with Crippen LogP contribution >= 0.6 is 23.2 Å². The summed E-state index contributed by atoms with van der Waals surface area (Å²) in [6.07, 6.45) is 0.668. The maximum Gasteiger partial charge on any atom is 0.238 e. The largest absolute Gasteiger partial charge is 0.494 e. The molecule has 1 fully saturated rings. The van der Waals surface area contributed by atoms with Gasteiger partial charge in [-0.2, -0.15) is 0 Å². The lowest BCUT2D eigenvalue weighted by Crippen LogP contribution is -2.42. The van der Waals surface area contributed by atoms with Crippen LogP contribution in [0.5, 0.6) is 5.75 Å². The summed E-state index contributed by atoms with van der Waals surface area (Å²) < 4.78 is 5.45.